The molecule has 0 spiro atoms. The smallest absolute Gasteiger partial charge is 0.130 e. The summed E-state index contributed by atoms with van der Waals surface area (Å²) in [5.74, 6) is -0.358. The summed E-state index contributed by atoms with van der Waals surface area (Å²) in [6, 6.07) is 4.38. The van der Waals surface area contributed by atoms with E-state index in [0.29, 0.717) is 12.1 Å². The van der Waals surface area contributed by atoms with Crippen LogP contribution in [-0.4, -0.2) is 11.7 Å². The third-order valence-electron chi connectivity index (χ3n) is 3.48. The first-order valence-corrected chi connectivity index (χ1v) is 5.37. The van der Waals surface area contributed by atoms with E-state index in [1.165, 1.54) is 12.1 Å². The fourth-order valence-corrected chi connectivity index (χ4v) is 2.57. The van der Waals surface area contributed by atoms with Crippen molar-refractivity contribution in [2.75, 3.05) is 6.54 Å². The van der Waals surface area contributed by atoms with Gasteiger partial charge in [-0.05, 0) is 24.5 Å². The van der Waals surface area contributed by atoms with Crippen molar-refractivity contribution >= 4 is 0 Å². The van der Waals surface area contributed by atoms with Gasteiger partial charge in [0.05, 0.1) is 0 Å². The van der Waals surface area contributed by atoms with Crippen molar-refractivity contribution < 1.29 is 9.50 Å². The minimum Gasteiger partial charge on any atom is -0.508 e. The van der Waals surface area contributed by atoms with Crippen LogP contribution in [0.2, 0.25) is 0 Å². The Morgan fingerprint density at radius 3 is 2.53 bits per heavy atom. The van der Waals surface area contributed by atoms with Gasteiger partial charge in [-0.15, -0.1) is 0 Å². The molecule has 1 aromatic rings. The van der Waals surface area contributed by atoms with E-state index in [1.807, 2.05) is 0 Å². The third-order valence-corrected chi connectivity index (χ3v) is 3.48. The molecule has 3 N–H and O–H groups in total. The van der Waals surface area contributed by atoms with Crippen LogP contribution in [-0.2, 0) is 5.41 Å². The fourth-order valence-electron chi connectivity index (χ4n) is 2.57. The zero-order valence-corrected chi connectivity index (χ0v) is 8.67. The number of nitrogens with two attached hydrogens (primary N) is 1. The molecule has 82 valence electrons. The summed E-state index contributed by atoms with van der Waals surface area (Å²) < 4.78 is 13.7. The number of rotatable bonds is 2. The second-order valence-corrected chi connectivity index (χ2v) is 4.36. The second kappa shape index (κ2) is 3.81. The number of aromatic hydroxyl groups is 1. The molecule has 0 unspecified atom stereocenters. The van der Waals surface area contributed by atoms with Crippen molar-refractivity contribution in [2.24, 2.45) is 5.73 Å². The first kappa shape index (κ1) is 10.4. The lowest BCUT2D eigenvalue weighted by molar-refractivity contribution is 0.420. The summed E-state index contributed by atoms with van der Waals surface area (Å²) in [6.45, 7) is 0.481. The molecule has 0 amide bonds. The molecule has 0 aliphatic heterocycles. The Bertz CT molecular complexity index is 359. The van der Waals surface area contributed by atoms with Crippen LogP contribution >= 0.6 is 0 Å². The van der Waals surface area contributed by atoms with Gasteiger partial charge < -0.3 is 10.8 Å². The van der Waals surface area contributed by atoms with Crippen LogP contribution in [0, 0.1) is 5.82 Å². The Hall–Kier alpha value is -1.09. The molecule has 0 aromatic heterocycles. The molecule has 1 saturated carbocycles. The van der Waals surface area contributed by atoms with Crippen molar-refractivity contribution in [1.82, 2.24) is 0 Å². The maximum Gasteiger partial charge on any atom is 0.130 e. The molecule has 15 heavy (non-hydrogen) atoms. The minimum absolute atomic E-state index is 0.0265. The largest absolute Gasteiger partial charge is 0.508 e. The standard InChI is InChI=1S/C12H16FNO/c13-11-7-9(15)3-4-10(11)12(8-14)5-1-2-6-12/h3-4,7,15H,1-2,5-6,8,14H2. The molecule has 0 atom stereocenters. The van der Waals surface area contributed by atoms with Gasteiger partial charge >= 0.3 is 0 Å². The Labute approximate surface area is 88.9 Å². The normalized spacial score (nSPS) is 19.3. The minimum atomic E-state index is -0.331. The van der Waals surface area contributed by atoms with E-state index >= 15 is 0 Å². The number of hydrogen-bond donors (Lipinski definition) is 2. The van der Waals surface area contributed by atoms with Crippen molar-refractivity contribution in [3.8, 4) is 5.75 Å². The van der Waals surface area contributed by atoms with Crippen molar-refractivity contribution in [3.05, 3.63) is 29.6 Å². The van der Waals surface area contributed by atoms with Crippen LogP contribution in [0.25, 0.3) is 0 Å². The molecule has 3 heteroatoms. The molecule has 0 bridgehead atoms. The number of benzene rings is 1. The van der Waals surface area contributed by atoms with E-state index < -0.39 is 0 Å². The summed E-state index contributed by atoms with van der Waals surface area (Å²) in [5, 5.41) is 9.17. The van der Waals surface area contributed by atoms with E-state index in [9.17, 15) is 4.39 Å². The number of hydrogen-bond acceptors (Lipinski definition) is 2. The average Bonchev–Trinajstić information content (AvgIpc) is 2.67. The van der Waals surface area contributed by atoms with Crippen LogP contribution in [0.5, 0.6) is 5.75 Å². The summed E-state index contributed by atoms with van der Waals surface area (Å²) in [4.78, 5) is 0. The predicted molar refractivity (Wildman–Crippen MR) is 57.3 cm³/mol. The Morgan fingerprint density at radius 1 is 1.33 bits per heavy atom. The van der Waals surface area contributed by atoms with Crippen LogP contribution < -0.4 is 5.73 Å². The van der Waals surface area contributed by atoms with Gasteiger partial charge in [-0.25, -0.2) is 4.39 Å². The predicted octanol–water partition coefficient (Wildman–Crippen LogP) is 2.30. The quantitative estimate of drug-likeness (QED) is 0.785. The molecule has 1 fully saturated rings. The molecule has 0 saturated heterocycles. The first-order chi connectivity index (χ1) is 7.18. The highest BCUT2D eigenvalue weighted by Gasteiger charge is 2.36. The number of halogens is 1. The van der Waals surface area contributed by atoms with E-state index in [2.05, 4.69) is 0 Å². The first-order valence-electron chi connectivity index (χ1n) is 5.37. The van der Waals surface area contributed by atoms with Gasteiger partial charge in [-0.2, -0.15) is 0 Å². The average molecular weight is 209 g/mol. The number of phenols is 1. The van der Waals surface area contributed by atoms with E-state index in [-0.39, 0.29) is 17.0 Å². The lowest BCUT2D eigenvalue weighted by Gasteiger charge is -2.28. The molecule has 2 nitrogen and oxygen atoms in total. The highest BCUT2D eigenvalue weighted by atomic mass is 19.1. The number of phenolic OH excluding ortho intramolecular Hbond substituents is 1. The fraction of sp³-hybridized carbons (Fsp3) is 0.500. The van der Waals surface area contributed by atoms with Crippen LogP contribution in [0.4, 0.5) is 4.39 Å². The van der Waals surface area contributed by atoms with Gasteiger partial charge in [0, 0.05) is 18.0 Å². The molecule has 1 aliphatic rings. The summed E-state index contributed by atoms with van der Waals surface area (Å²) in [5.41, 5.74) is 6.25. The lowest BCUT2D eigenvalue weighted by Crippen LogP contribution is -2.32. The Kier molecular flexibility index (Phi) is 2.65. The van der Waals surface area contributed by atoms with E-state index in [4.69, 9.17) is 10.8 Å². The summed E-state index contributed by atoms with van der Waals surface area (Å²) >= 11 is 0. The summed E-state index contributed by atoms with van der Waals surface area (Å²) in [7, 11) is 0. The zero-order valence-electron chi connectivity index (χ0n) is 8.67. The molecule has 0 radical (unpaired) electrons. The zero-order chi connectivity index (χ0) is 10.9. The molecule has 2 rings (SSSR count). The highest BCUT2D eigenvalue weighted by Crippen LogP contribution is 2.41. The van der Waals surface area contributed by atoms with E-state index in [1.54, 1.807) is 6.07 Å². The molecular formula is C12H16FNO. The van der Waals surface area contributed by atoms with Crippen LogP contribution in [0.1, 0.15) is 31.2 Å². The van der Waals surface area contributed by atoms with Gasteiger partial charge in [0.25, 0.3) is 0 Å². The monoisotopic (exact) mass is 209 g/mol. The van der Waals surface area contributed by atoms with E-state index in [0.717, 1.165) is 25.7 Å². The second-order valence-electron chi connectivity index (χ2n) is 4.36. The highest BCUT2D eigenvalue weighted by molar-refractivity contribution is 5.34. The van der Waals surface area contributed by atoms with Crippen LogP contribution in [0.15, 0.2) is 18.2 Å². The van der Waals surface area contributed by atoms with Gasteiger partial charge in [0.1, 0.15) is 11.6 Å². The topological polar surface area (TPSA) is 46.2 Å². The van der Waals surface area contributed by atoms with Crippen LogP contribution in [0.3, 0.4) is 0 Å². The van der Waals surface area contributed by atoms with Gasteiger partial charge in [0.2, 0.25) is 0 Å². The summed E-state index contributed by atoms with van der Waals surface area (Å²) in [6.07, 6.45) is 4.12. The third kappa shape index (κ3) is 1.72. The maximum atomic E-state index is 13.7. The molecular weight excluding hydrogens is 193 g/mol. The van der Waals surface area contributed by atoms with Crippen molar-refractivity contribution in [3.63, 3.8) is 0 Å². The SMILES string of the molecule is NCC1(c2ccc(O)cc2F)CCCC1. The molecule has 1 aliphatic carbocycles. The van der Waals surface area contributed by atoms with Gasteiger partial charge in [-0.3, -0.25) is 0 Å². The molecule has 0 heterocycles. The maximum absolute atomic E-state index is 13.7. The van der Waals surface area contributed by atoms with Crippen molar-refractivity contribution in [1.29, 1.82) is 0 Å². The Balaban J connectivity index is 2.42. The van der Waals surface area contributed by atoms with Crippen molar-refractivity contribution in [2.45, 2.75) is 31.1 Å². The lowest BCUT2D eigenvalue weighted by atomic mass is 9.78. The van der Waals surface area contributed by atoms with Gasteiger partial charge in [-0.1, -0.05) is 18.9 Å². The van der Waals surface area contributed by atoms with Gasteiger partial charge in [0.15, 0.2) is 0 Å². The Morgan fingerprint density at radius 2 is 2.00 bits per heavy atom. The molecule has 1 aromatic carbocycles.